The largest absolute Gasteiger partial charge is 0.330 e. The molecule has 100 valence electrons. The molecule has 0 heterocycles. The highest BCUT2D eigenvalue weighted by atomic mass is 32.2. The molecule has 0 aromatic carbocycles. The Bertz CT molecular complexity index is 360. The summed E-state index contributed by atoms with van der Waals surface area (Å²) in [4.78, 5) is 0. The molecule has 0 spiro atoms. The van der Waals surface area contributed by atoms with Gasteiger partial charge in [-0.2, -0.15) is 0 Å². The highest BCUT2D eigenvalue weighted by Gasteiger charge is 2.55. The Kier molecular flexibility index (Phi) is 3.83. The monoisotopic (exact) mass is 259 g/mol. The van der Waals surface area contributed by atoms with Crippen LogP contribution in [0.5, 0.6) is 0 Å². The van der Waals surface area contributed by atoms with Crippen molar-refractivity contribution in [2.45, 2.75) is 45.4 Å². The Morgan fingerprint density at radius 3 is 2.53 bits per heavy atom. The summed E-state index contributed by atoms with van der Waals surface area (Å²) in [7, 11) is -2.82. The molecule has 2 unspecified atom stereocenters. The Morgan fingerprint density at radius 1 is 1.35 bits per heavy atom. The maximum absolute atomic E-state index is 12.0. The van der Waals surface area contributed by atoms with Gasteiger partial charge in [-0.25, -0.2) is 8.42 Å². The van der Waals surface area contributed by atoms with Crippen molar-refractivity contribution in [3.63, 3.8) is 0 Å². The third-order valence-electron chi connectivity index (χ3n) is 4.62. The quantitative estimate of drug-likeness (QED) is 0.760. The van der Waals surface area contributed by atoms with Crippen LogP contribution < -0.4 is 5.73 Å². The van der Waals surface area contributed by atoms with Gasteiger partial charge in [-0.1, -0.05) is 13.3 Å². The molecule has 0 radical (unpaired) electrons. The van der Waals surface area contributed by atoms with Crippen LogP contribution in [0, 0.1) is 17.3 Å². The van der Waals surface area contributed by atoms with Crippen LogP contribution in [0.4, 0.5) is 0 Å². The summed E-state index contributed by atoms with van der Waals surface area (Å²) < 4.78 is 24.0. The highest BCUT2D eigenvalue weighted by Crippen LogP contribution is 2.61. The van der Waals surface area contributed by atoms with Crippen LogP contribution in [-0.2, 0) is 9.84 Å². The fraction of sp³-hybridized carbons (Fsp3) is 1.00. The number of nitrogens with two attached hydrogens (primary N) is 1. The molecule has 0 bridgehead atoms. The molecule has 0 saturated heterocycles. The topological polar surface area (TPSA) is 60.2 Å². The third kappa shape index (κ3) is 2.84. The minimum Gasteiger partial charge on any atom is -0.330 e. The molecule has 2 aliphatic carbocycles. The summed E-state index contributed by atoms with van der Waals surface area (Å²) in [6, 6.07) is 0. The van der Waals surface area contributed by atoms with Crippen molar-refractivity contribution >= 4 is 9.84 Å². The van der Waals surface area contributed by atoms with Gasteiger partial charge in [-0.05, 0) is 55.9 Å². The second-order valence-electron chi connectivity index (χ2n) is 5.99. The van der Waals surface area contributed by atoms with Crippen LogP contribution in [0.15, 0.2) is 0 Å². The molecule has 2 rings (SSSR count). The first-order valence-electron chi connectivity index (χ1n) is 6.93. The van der Waals surface area contributed by atoms with E-state index in [1.807, 2.05) is 6.92 Å². The van der Waals surface area contributed by atoms with Crippen molar-refractivity contribution in [3.8, 4) is 0 Å². The first-order chi connectivity index (χ1) is 8.03. The van der Waals surface area contributed by atoms with Gasteiger partial charge in [0.25, 0.3) is 0 Å². The number of sulfone groups is 1. The highest BCUT2D eigenvalue weighted by molar-refractivity contribution is 7.91. The zero-order valence-corrected chi connectivity index (χ0v) is 11.6. The van der Waals surface area contributed by atoms with E-state index >= 15 is 0 Å². The molecular weight excluding hydrogens is 234 g/mol. The van der Waals surface area contributed by atoms with Crippen LogP contribution in [0.3, 0.4) is 0 Å². The third-order valence-corrected chi connectivity index (χ3v) is 6.66. The van der Waals surface area contributed by atoms with E-state index < -0.39 is 9.84 Å². The zero-order chi connectivity index (χ0) is 12.5. The molecule has 2 atom stereocenters. The number of rotatable bonds is 7. The molecule has 17 heavy (non-hydrogen) atoms. The molecule has 2 aliphatic rings. The summed E-state index contributed by atoms with van der Waals surface area (Å²) in [6.45, 7) is 2.69. The van der Waals surface area contributed by atoms with E-state index in [9.17, 15) is 8.42 Å². The molecule has 3 nitrogen and oxygen atoms in total. The molecule has 2 saturated carbocycles. The van der Waals surface area contributed by atoms with Gasteiger partial charge in [0.15, 0.2) is 9.84 Å². The van der Waals surface area contributed by atoms with E-state index in [0.717, 1.165) is 38.1 Å². The average molecular weight is 259 g/mol. The molecule has 4 heteroatoms. The Labute approximate surface area is 105 Å². The molecule has 2 fully saturated rings. The lowest BCUT2D eigenvalue weighted by molar-refractivity contribution is 0.122. The summed E-state index contributed by atoms with van der Waals surface area (Å²) in [5, 5.41) is 0. The molecule has 0 aromatic rings. The summed E-state index contributed by atoms with van der Waals surface area (Å²) >= 11 is 0. The van der Waals surface area contributed by atoms with Gasteiger partial charge in [0.05, 0.1) is 5.75 Å². The van der Waals surface area contributed by atoms with Crippen molar-refractivity contribution < 1.29 is 8.42 Å². The van der Waals surface area contributed by atoms with Gasteiger partial charge in [0, 0.05) is 5.75 Å². The van der Waals surface area contributed by atoms with E-state index in [1.165, 1.54) is 12.8 Å². The van der Waals surface area contributed by atoms with Crippen molar-refractivity contribution in [3.05, 3.63) is 0 Å². The Morgan fingerprint density at radius 2 is 2.06 bits per heavy atom. The smallest absolute Gasteiger partial charge is 0.150 e. The lowest BCUT2D eigenvalue weighted by atomic mass is 9.66. The zero-order valence-electron chi connectivity index (χ0n) is 10.8. The summed E-state index contributed by atoms with van der Waals surface area (Å²) in [5.74, 6) is 2.19. The fourth-order valence-electron chi connectivity index (χ4n) is 3.60. The Hall–Kier alpha value is -0.0900. The molecule has 0 amide bonds. The van der Waals surface area contributed by atoms with Gasteiger partial charge >= 0.3 is 0 Å². The van der Waals surface area contributed by atoms with Crippen LogP contribution in [0.25, 0.3) is 0 Å². The van der Waals surface area contributed by atoms with Crippen molar-refractivity contribution in [1.29, 1.82) is 0 Å². The average Bonchev–Trinajstić information content (AvgIpc) is 2.92. The molecule has 2 N–H and O–H groups in total. The lowest BCUT2D eigenvalue weighted by Crippen LogP contribution is -2.40. The second-order valence-corrected chi connectivity index (χ2v) is 8.17. The number of hydrogen-bond acceptors (Lipinski definition) is 3. The minimum atomic E-state index is -2.82. The first-order valence-corrected chi connectivity index (χ1v) is 8.75. The SMILES string of the molecule is CCCS(=O)(=O)CC1(C2CC2CCN)CCC1. The van der Waals surface area contributed by atoms with E-state index in [1.54, 1.807) is 0 Å². The van der Waals surface area contributed by atoms with Crippen LogP contribution in [-0.4, -0.2) is 26.5 Å². The first kappa shape index (κ1) is 13.3. The molecular formula is C13H25NO2S. The Balaban J connectivity index is 1.97. The summed E-state index contributed by atoms with van der Waals surface area (Å²) in [5.41, 5.74) is 5.74. The van der Waals surface area contributed by atoms with Crippen LogP contribution >= 0.6 is 0 Å². The number of hydrogen-bond donors (Lipinski definition) is 1. The van der Waals surface area contributed by atoms with Crippen molar-refractivity contribution in [1.82, 2.24) is 0 Å². The van der Waals surface area contributed by atoms with E-state index in [4.69, 9.17) is 5.73 Å². The standard InChI is InChI=1S/C13H25NO2S/c1-2-8-17(15,16)10-13(5-3-6-13)12-9-11(12)4-7-14/h11-12H,2-10,14H2,1H3. The van der Waals surface area contributed by atoms with Gasteiger partial charge in [-0.3, -0.25) is 0 Å². The molecule has 0 aliphatic heterocycles. The van der Waals surface area contributed by atoms with Crippen LogP contribution in [0.2, 0.25) is 0 Å². The maximum Gasteiger partial charge on any atom is 0.150 e. The van der Waals surface area contributed by atoms with Gasteiger partial charge < -0.3 is 5.73 Å². The van der Waals surface area contributed by atoms with Gasteiger partial charge in [0.2, 0.25) is 0 Å². The van der Waals surface area contributed by atoms with Crippen molar-refractivity contribution in [2.24, 2.45) is 23.0 Å². The summed E-state index contributed by atoms with van der Waals surface area (Å²) in [6.07, 6.45) is 6.52. The maximum atomic E-state index is 12.0. The van der Waals surface area contributed by atoms with Gasteiger partial charge in [0.1, 0.15) is 0 Å². The van der Waals surface area contributed by atoms with Crippen molar-refractivity contribution in [2.75, 3.05) is 18.1 Å². The second kappa shape index (κ2) is 4.88. The lowest BCUT2D eigenvalue weighted by Gasteiger charge is -2.42. The normalized spacial score (nSPS) is 30.9. The van der Waals surface area contributed by atoms with Crippen LogP contribution in [0.1, 0.15) is 45.4 Å². The molecule has 0 aromatic heterocycles. The van der Waals surface area contributed by atoms with E-state index in [2.05, 4.69) is 0 Å². The van der Waals surface area contributed by atoms with E-state index in [0.29, 0.717) is 17.4 Å². The minimum absolute atomic E-state index is 0.147. The van der Waals surface area contributed by atoms with Gasteiger partial charge in [-0.15, -0.1) is 0 Å². The predicted octanol–water partition coefficient (Wildman–Crippen LogP) is 1.97. The van der Waals surface area contributed by atoms with E-state index in [-0.39, 0.29) is 5.41 Å². The fourth-order valence-corrected chi connectivity index (χ4v) is 5.75. The predicted molar refractivity (Wildman–Crippen MR) is 70.5 cm³/mol.